The predicted octanol–water partition coefficient (Wildman–Crippen LogP) is 5.35. The monoisotopic (exact) mass is 390 g/mol. The third kappa shape index (κ3) is 8.95. The van der Waals surface area contributed by atoms with Crippen molar-refractivity contribution >= 4 is 11.5 Å². The van der Waals surface area contributed by atoms with Gasteiger partial charge in [0.25, 0.3) is 5.91 Å². The second-order valence-electron chi connectivity index (χ2n) is 5.14. The molecule has 4 nitrogen and oxygen atoms in total. The first-order valence-electron chi connectivity index (χ1n) is 8.79. The number of carbonyl (C=O) groups is 1. The van der Waals surface area contributed by atoms with E-state index < -0.39 is 6.36 Å². The molecular formula is C20H33F3N2O2. The van der Waals surface area contributed by atoms with Crippen LogP contribution >= 0.6 is 0 Å². The zero-order valence-corrected chi connectivity index (χ0v) is 16.3. The summed E-state index contributed by atoms with van der Waals surface area (Å²) in [6, 6.07) is 4.17. The van der Waals surface area contributed by atoms with Crippen LogP contribution in [0.5, 0.6) is 5.75 Å². The Balaban J connectivity index is 0. The van der Waals surface area contributed by atoms with Crippen molar-refractivity contribution in [3.8, 4) is 5.75 Å². The molecule has 0 unspecified atom stereocenters. The van der Waals surface area contributed by atoms with Gasteiger partial charge in [-0.2, -0.15) is 0 Å². The number of rotatable bonds is 3. The van der Waals surface area contributed by atoms with Gasteiger partial charge in [0.2, 0.25) is 0 Å². The number of nitrogens with zero attached hydrogens (tertiary/aromatic N) is 1. The van der Waals surface area contributed by atoms with E-state index in [1.165, 1.54) is 31.1 Å². The van der Waals surface area contributed by atoms with Crippen LogP contribution in [0.4, 0.5) is 13.2 Å². The number of halogens is 3. The maximum atomic E-state index is 12.6. The second-order valence-corrected chi connectivity index (χ2v) is 5.14. The van der Waals surface area contributed by atoms with Crippen molar-refractivity contribution in [2.24, 2.45) is 0 Å². The lowest BCUT2D eigenvalue weighted by Gasteiger charge is -2.20. The van der Waals surface area contributed by atoms with Crippen LogP contribution in [0.1, 0.15) is 57.5 Å². The van der Waals surface area contributed by atoms with Gasteiger partial charge in [0.15, 0.2) is 0 Å². The highest BCUT2D eigenvalue weighted by molar-refractivity contribution is 5.95. The van der Waals surface area contributed by atoms with Crippen LogP contribution < -0.4 is 10.1 Å². The van der Waals surface area contributed by atoms with E-state index in [0.29, 0.717) is 25.1 Å². The smallest absolute Gasteiger partial charge is 0.405 e. The summed E-state index contributed by atoms with van der Waals surface area (Å²) in [6.45, 7) is 9.29. The van der Waals surface area contributed by atoms with Gasteiger partial charge in [-0.05, 0) is 30.7 Å². The highest BCUT2D eigenvalue weighted by atomic mass is 19.4. The van der Waals surface area contributed by atoms with Gasteiger partial charge in [0, 0.05) is 31.8 Å². The molecule has 1 amide bonds. The van der Waals surface area contributed by atoms with E-state index in [-0.39, 0.29) is 24.6 Å². The normalized spacial score (nSPS) is 12.9. The Bertz CT molecular complexity index is 597. The first-order chi connectivity index (χ1) is 12.3. The fourth-order valence-corrected chi connectivity index (χ4v) is 2.26. The molecule has 0 spiro atoms. The van der Waals surface area contributed by atoms with Crippen LogP contribution in [-0.4, -0.2) is 44.4 Å². The van der Waals surface area contributed by atoms with Gasteiger partial charge >= 0.3 is 6.36 Å². The van der Waals surface area contributed by atoms with Crippen molar-refractivity contribution in [1.29, 1.82) is 0 Å². The highest BCUT2D eigenvalue weighted by Gasteiger charge is 2.33. The molecule has 1 aromatic carbocycles. The molecule has 0 fully saturated rings. The van der Waals surface area contributed by atoms with Gasteiger partial charge in [-0.25, -0.2) is 0 Å². The number of amides is 1. The maximum absolute atomic E-state index is 12.6. The topological polar surface area (TPSA) is 41.6 Å². The number of ether oxygens (including phenoxy) is 1. The minimum absolute atomic E-state index is 0. The zero-order chi connectivity index (χ0) is 20.3. The van der Waals surface area contributed by atoms with E-state index >= 15 is 0 Å². The molecule has 1 aliphatic rings. The molecular weight excluding hydrogens is 357 g/mol. The Morgan fingerprint density at radius 2 is 1.74 bits per heavy atom. The second kappa shape index (κ2) is 13.2. The quantitative estimate of drug-likeness (QED) is 0.756. The Kier molecular flexibility index (Phi) is 13.3. The maximum Gasteiger partial charge on any atom is 0.573 e. The number of hydrogen-bond donors (Lipinski definition) is 1. The summed E-state index contributed by atoms with van der Waals surface area (Å²) in [4.78, 5) is 13.2. The lowest BCUT2D eigenvalue weighted by molar-refractivity contribution is -0.274. The Morgan fingerprint density at radius 1 is 1.15 bits per heavy atom. The summed E-state index contributed by atoms with van der Waals surface area (Å²) in [5.74, 6) is -0.716. The average molecular weight is 390 g/mol. The molecule has 0 aromatic heterocycles. The van der Waals surface area contributed by atoms with Crippen LogP contribution in [-0.2, 0) is 0 Å². The van der Waals surface area contributed by atoms with E-state index in [1.807, 2.05) is 33.8 Å². The molecule has 1 heterocycles. The fourth-order valence-electron chi connectivity index (χ4n) is 2.26. The van der Waals surface area contributed by atoms with Crippen molar-refractivity contribution in [3.63, 3.8) is 0 Å². The number of carbonyl (C=O) groups excluding carboxylic acids is 1. The molecule has 0 saturated heterocycles. The molecule has 7 heteroatoms. The minimum atomic E-state index is -4.80. The Hall–Kier alpha value is -2.02. The van der Waals surface area contributed by atoms with Crippen LogP contribution in [0.2, 0.25) is 0 Å². The SMILES string of the molecule is C.CC.CC.CN(C)C(=O)c1ccc(C2=CCNCC2)c(OC(F)(F)F)c1. The van der Waals surface area contributed by atoms with Crippen molar-refractivity contribution in [1.82, 2.24) is 10.2 Å². The van der Waals surface area contributed by atoms with Crippen molar-refractivity contribution in [3.05, 3.63) is 35.4 Å². The molecule has 1 N–H and O–H groups in total. The molecule has 1 aromatic rings. The molecule has 1 aliphatic heterocycles. The minimum Gasteiger partial charge on any atom is -0.405 e. The van der Waals surface area contributed by atoms with E-state index in [0.717, 1.165) is 11.6 Å². The Morgan fingerprint density at radius 3 is 2.19 bits per heavy atom. The van der Waals surface area contributed by atoms with E-state index in [2.05, 4.69) is 10.1 Å². The van der Waals surface area contributed by atoms with E-state index in [1.54, 1.807) is 0 Å². The Labute approximate surface area is 161 Å². The van der Waals surface area contributed by atoms with Crippen LogP contribution in [0.3, 0.4) is 0 Å². The fraction of sp³-hybridized carbons (Fsp3) is 0.550. The van der Waals surface area contributed by atoms with Gasteiger partial charge in [-0.15, -0.1) is 13.2 Å². The summed E-state index contributed by atoms with van der Waals surface area (Å²) in [5.41, 5.74) is 1.30. The summed E-state index contributed by atoms with van der Waals surface area (Å²) in [7, 11) is 3.08. The van der Waals surface area contributed by atoms with E-state index in [4.69, 9.17) is 0 Å². The molecule has 0 atom stereocenters. The highest BCUT2D eigenvalue weighted by Crippen LogP contribution is 2.34. The molecule has 27 heavy (non-hydrogen) atoms. The summed E-state index contributed by atoms with van der Waals surface area (Å²) in [6.07, 6.45) is -2.37. The van der Waals surface area contributed by atoms with Gasteiger partial charge in [-0.3, -0.25) is 4.79 Å². The number of nitrogens with one attached hydrogen (secondary N) is 1. The largest absolute Gasteiger partial charge is 0.573 e. The average Bonchev–Trinajstić information content (AvgIpc) is 2.63. The van der Waals surface area contributed by atoms with Crippen LogP contribution in [0, 0.1) is 0 Å². The van der Waals surface area contributed by atoms with Gasteiger partial charge in [0.1, 0.15) is 5.75 Å². The van der Waals surface area contributed by atoms with Crippen molar-refractivity contribution < 1.29 is 22.7 Å². The number of benzene rings is 1. The molecule has 2 rings (SSSR count). The number of hydrogen-bond acceptors (Lipinski definition) is 3. The standard InChI is InChI=1S/C15H17F3N2O2.2C2H6.CH4/c1-20(2)14(21)11-3-4-12(10-5-7-19-8-6-10)13(9-11)22-15(16,17)18;2*1-2;/h3-5,9,19H,6-8H2,1-2H3;2*1-2H3;1H4. The molecule has 156 valence electrons. The van der Waals surface area contributed by atoms with Gasteiger partial charge in [0.05, 0.1) is 0 Å². The van der Waals surface area contributed by atoms with Gasteiger partial charge in [-0.1, -0.05) is 47.3 Å². The molecule has 0 radical (unpaired) electrons. The lowest BCUT2D eigenvalue weighted by atomic mass is 9.97. The molecule has 0 saturated carbocycles. The third-order valence-electron chi connectivity index (χ3n) is 3.27. The lowest BCUT2D eigenvalue weighted by Crippen LogP contribution is -2.23. The van der Waals surface area contributed by atoms with Crippen molar-refractivity contribution in [2.75, 3.05) is 27.2 Å². The van der Waals surface area contributed by atoms with Crippen LogP contribution in [0.15, 0.2) is 24.3 Å². The van der Waals surface area contributed by atoms with Gasteiger partial charge < -0.3 is 15.0 Å². The van der Waals surface area contributed by atoms with E-state index in [9.17, 15) is 18.0 Å². The number of alkyl halides is 3. The molecule has 0 aliphatic carbocycles. The summed E-state index contributed by atoms with van der Waals surface area (Å²) in [5, 5.41) is 3.10. The van der Waals surface area contributed by atoms with Crippen molar-refractivity contribution in [2.45, 2.75) is 47.9 Å². The predicted molar refractivity (Wildman–Crippen MR) is 106 cm³/mol. The summed E-state index contributed by atoms with van der Waals surface area (Å²) < 4.78 is 42.0. The van der Waals surface area contributed by atoms with Crippen LogP contribution in [0.25, 0.3) is 5.57 Å². The summed E-state index contributed by atoms with van der Waals surface area (Å²) >= 11 is 0. The zero-order valence-electron chi connectivity index (χ0n) is 16.3. The first kappa shape index (κ1) is 27.2. The molecule has 0 bridgehead atoms. The first-order valence-corrected chi connectivity index (χ1v) is 8.79. The third-order valence-corrected chi connectivity index (χ3v) is 3.27.